The molecule has 0 spiro atoms. The second-order valence-corrected chi connectivity index (χ2v) is 32.1. The minimum absolute atomic E-state index is 0.0332. The summed E-state index contributed by atoms with van der Waals surface area (Å²) in [5.41, 5.74) is 1.65. The van der Waals surface area contributed by atoms with Gasteiger partial charge < -0.3 is 55.7 Å². The van der Waals surface area contributed by atoms with Crippen LogP contribution in [0.25, 0.3) is 0 Å². The topological polar surface area (TPSA) is 304 Å². The fourth-order valence-electron chi connectivity index (χ4n) is 19.9. The fourth-order valence-corrected chi connectivity index (χ4v) is 19.9. The first-order chi connectivity index (χ1) is 50.2. The van der Waals surface area contributed by atoms with E-state index in [1.165, 1.54) is 24.3 Å². The minimum Gasteiger partial charge on any atom is -0.390 e. The summed E-state index contributed by atoms with van der Waals surface area (Å²) in [6.45, 7) is 10.5. The quantitative estimate of drug-likeness (QED) is 0.0405. The number of carbonyl (C=O) groups is 8. The molecule has 2 heterocycles. The average molecular weight is 1460 g/mol. The van der Waals surface area contributed by atoms with Gasteiger partial charge in [0.25, 0.3) is 0 Å². The van der Waals surface area contributed by atoms with E-state index in [0.717, 1.165) is 34.4 Å². The van der Waals surface area contributed by atoms with Crippen molar-refractivity contribution in [3.63, 3.8) is 0 Å². The summed E-state index contributed by atoms with van der Waals surface area (Å²) in [5.74, 6) is -9.30. The molecule has 8 fully saturated rings. The maximum atomic E-state index is 17.3. The Hall–Kier alpha value is -7.84. The number of aliphatic hydroxyl groups is 4. The molecule has 23 heteroatoms. The van der Waals surface area contributed by atoms with Crippen molar-refractivity contribution in [1.29, 1.82) is 0 Å². The van der Waals surface area contributed by atoms with Crippen LogP contribution in [-0.2, 0) is 70.1 Å². The van der Waals surface area contributed by atoms with Crippen molar-refractivity contribution in [2.24, 2.45) is 69.8 Å². The van der Waals surface area contributed by atoms with Crippen LogP contribution in [0, 0.1) is 64.1 Å². The van der Waals surface area contributed by atoms with Crippen molar-refractivity contribution in [3.05, 3.63) is 178 Å². The number of halogens is 4. The molecule has 14 rings (SSSR count). The van der Waals surface area contributed by atoms with Crippen LogP contribution in [0.2, 0.25) is 0 Å². The highest BCUT2D eigenvalue weighted by Gasteiger charge is 2.80. The number of benzene rings is 4. The van der Waals surface area contributed by atoms with Gasteiger partial charge in [-0.15, -0.1) is 0 Å². The lowest BCUT2D eigenvalue weighted by Gasteiger charge is -2.59. The summed E-state index contributed by atoms with van der Waals surface area (Å²) in [6, 6.07) is 29.2. The number of Topliss-reactive ketones (excluding diaryl/α,β-unsaturated/α-hetero) is 4. The SMILES string of the molecule is CC(C)C(=O)C[C@@H](C)C(=O)Nc1cccc(Cc2ccc(C3O[C@@H]4C[C@H]5[C@@H]6C[C@H](F)C7=CC(=O)C=CC7[C@@]6(F)[C@@H](O)C[C@]5(C)[C@]4(C(=O)CO)O3)cc2)c1.C[C@H](N)C(=O)C[C@@H](C)C(=O)Nc1cccc(Cc2ccc(C3O[C@@H]4C[C@H]5[C@@H]6C[C@H](F)C7=CC(=O)C=CC7[C@@]6(F)[C@@H](O)C[C@]5(C)[C@]4(C(=O)CO)O3)cc2)c1. The van der Waals surface area contributed by atoms with Gasteiger partial charge >= 0.3 is 0 Å². The smallest absolute Gasteiger partial charge is 0.227 e. The highest BCUT2D eigenvalue weighted by atomic mass is 19.2. The predicted molar refractivity (Wildman–Crippen MR) is 381 cm³/mol. The molecular formula is C83H93F4N3O16. The molecule has 4 aromatic rings. The van der Waals surface area contributed by atoms with Gasteiger partial charge in [-0.2, -0.15) is 0 Å². The molecule has 2 saturated heterocycles. The van der Waals surface area contributed by atoms with E-state index >= 15 is 17.6 Å². The Morgan fingerprint density at radius 2 is 0.934 bits per heavy atom. The molecule has 4 unspecified atom stereocenters. The van der Waals surface area contributed by atoms with E-state index in [9.17, 15) is 58.8 Å². The molecule has 0 bridgehead atoms. The molecule has 2 aliphatic heterocycles. The molecule has 0 radical (unpaired) electrons. The third kappa shape index (κ3) is 12.9. The van der Waals surface area contributed by atoms with Crippen molar-refractivity contribution < 1.29 is 95.3 Å². The van der Waals surface area contributed by atoms with Gasteiger partial charge in [0.15, 0.2) is 46.9 Å². The second kappa shape index (κ2) is 29.0. The Balaban J connectivity index is 0.000000188. The van der Waals surface area contributed by atoms with Crippen molar-refractivity contribution in [2.75, 3.05) is 23.8 Å². The first-order valence-electron chi connectivity index (χ1n) is 36.9. The van der Waals surface area contributed by atoms with Gasteiger partial charge in [-0.1, -0.05) is 126 Å². The number of fused-ring (bicyclic) bond motifs is 14. The van der Waals surface area contributed by atoms with Crippen molar-refractivity contribution >= 4 is 57.9 Å². The summed E-state index contributed by atoms with van der Waals surface area (Å²) in [4.78, 5) is 101. The molecule has 8 aliphatic carbocycles. The molecule has 19 nitrogen and oxygen atoms in total. The number of ketones is 6. The normalized spacial score (nSPS) is 36.5. The largest absolute Gasteiger partial charge is 0.390 e. The maximum Gasteiger partial charge on any atom is 0.227 e. The first-order valence-corrected chi connectivity index (χ1v) is 36.9. The lowest BCUT2D eigenvalue weighted by molar-refractivity contribution is -0.223. The highest BCUT2D eigenvalue weighted by Crippen LogP contribution is 2.73. The molecule has 23 atom stereocenters. The number of anilines is 2. The number of carbonyl (C=O) groups excluding carboxylic acids is 8. The first kappa shape index (κ1) is 76.4. The van der Waals surface area contributed by atoms with E-state index in [0.29, 0.717) is 35.3 Å². The van der Waals surface area contributed by atoms with E-state index in [1.807, 2.05) is 98.8 Å². The Bertz CT molecular complexity index is 4030. The zero-order chi connectivity index (χ0) is 76.1. The molecule has 564 valence electrons. The van der Waals surface area contributed by atoms with Crippen molar-refractivity contribution in [3.8, 4) is 0 Å². The standard InChI is InChI=1S/C42H47F2NO8.C41H46F2N2O8/c1-22(2)34(48)14-23(3)38(51)45-27-7-5-6-25(16-27)15-24-8-10-26(11-9-24)39-52-37-19-31-32-18-33(43)29-17-28(47)12-13-30(29)41(32,44)35(49)20-40(31,4)42(37,53-39)36(50)21-46;1-21(13-33(48)22(2)44)37(51)45-26-6-4-5-24(15-26)14-23-7-9-25(10-8-23)38-52-36-18-30-31-17-32(42)28-16-27(47)11-12-29(28)40(31,43)34(49)19-39(30,3)41(36,53-38)35(50)20-46/h5-13,16-17,22-23,30-33,35,37,39,46,49H,14-15,18-21H2,1-4H3,(H,45,51);4-12,15-16,21-22,29-32,34,36,38,46,49H,13-14,17-20,44H2,1-3H3,(H,45,51)/t23-,30?,31+,32+,33+,35+,37-,39?,40+,41+,42-;21-,22+,29?,30+,31+,32+,34+,36-,38?,39+,40+,41-/m11/s1. The molecule has 10 aliphatic rings. The van der Waals surface area contributed by atoms with Crippen LogP contribution >= 0.6 is 0 Å². The number of aliphatic hydroxyl groups excluding tert-OH is 4. The summed E-state index contributed by atoms with van der Waals surface area (Å²) in [6.07, 6.45) is -1.96. The summed E-state index contributed by atoms with van der Waals surface area (Å²) in [7, 11) is 0. The molecule has 2 amide bonds. The summed E-state index contributed by atoms with van der Waals surface area (Å²) >= 11 is 0. The van der Waals surface area contributed by atoms with Crippen LogP contribution in [0.3, 0.4) is 0 Å². The monoisotopic (exact) mass is 1460 g/mol. The summed E-state index contributed by atoms with van der Waals surface area (Å²) in [5, 5.41) is 49.4. The number of rotatable bonds is 20. The Kier molecular flexibility index (Phi) is 20.9. The number of hydrogen-bond donors (Lipinski definition) is 7. The van der Waals surface area contributed by atoms with Gasteiger partial charge in [-0.05, 0) is 152 Å². The molecule has 4 aromatic carbocycles. The van der Waals surface area contributed by atoms with Crippen molar-refractivity contribution in [1.82, 2.24) is 0 Å². The fraction of sp³-hybridized carbons (Fsp3) is 0.518. The Morgan fingerprint density at radius 3 is 1.30 bits per heavy atom. The summed E-state index contributed by atoms with van der Waals surface area (Å²) < 4.78 is 91.9. The Morgan fingerprint density at radius 1 is 0.547 bits per heavy atom. The van der Waals surface area contributed by atoms with Crippen LogP contribution in [0.15, 0.2) is 145 Å². The van der Waals surface area contributed by atoms with Crippen LogP contribution in [0.1, 0.15) is 146 Å². The van der Waals surface area contributed by atoms with E-state index in [1.54, 1.807) is 46.8 Å². The lowest BCUT2D eigenvalue weighted by atomic mass is 9.48. The van der Waals surface area contributed by atoms with Gasteiger partial charge in [0.2, 0.25) is 11.8 Å². The van der Waals surface area contributed by atoms with Crippen molar-refractivity contribution in [2.45, 2.75) is 191 Å². The number of ether oxygens (including phenoxy) is 4. The van der Waals surface area contributed by atoms with E-state index in [2.05, 4.69) is 10.6 Å². The highest BCUT2D eigenvalue weighted by molar-refractivity contribution is 6.02. The van der Waals surface area contributed by atoms with Gasteiger partial charge in [-0.25, -0.2) is 17.6 Å². The molecule has 0 aromatic heterocycles. The Labute approximate surface area is 612 Å². The van der Waals surface area contributed by atoms with E-state index in [4.69, 9.17) is 24.7 Å². The van der Waals surface area contributed by atoms with Crippen LogP contribution in [-0.4, -0.2) is 145 Å². The number of amides is 2. The minimum atomic E-state index is -2.26. The van der Waals surface area contributed by atoms with Gasteiger partial charge in [0.05, 0.1) is 30.5 Å². The number of allylic oxidation sites excluding steroid dienone is 8. The van der Waals surface area contributed by atoms with Crippen LogP contribution in [0.5, 0.6) is 0 Å². The zero-order valence-corrected chi connectivity index (χ0v) is 60.4. The van der Waals surface area contributed by atoms with E-state index < -0.39 is 172 Å². The van der Waals surface area contributed by atoms with Crippen LogP contribution in [0.4, 0.5) is 28.9 Å². The number of nitrogens with two attached hydrogens (primary N) is 1. The third-order valence-electron chi connectivity index (χ3n) is 25.4. The number of hydrogen-bond acceptors (Lipinski definition) is 17. The molecule has 8 N–H and O–H groups in total. The molecule has 6 saturated carbocycles. The second-order valence-electron chi connectivity index (χ2n) is 32.1. The maximum absolute atomic E-state index is 17.3. The molecule has 106 heavy (non-hydrogen) atoms. The lowest BCUT2D eigenvalue weighted by Crippen LogP contribution is -2.68. The zero-order valence-electron chi connectivity index (χ0n) is 60.4. The third-order valence-corrected chi connectivity index (χ3v) is 25.4. The predicted octanol–water partition coefficient (Wildman–Crippen LogP) is 10.1. The van der Waals surface area contributed by atoms with E-state index in [-0.39, 0.29) is 91.8 Å². The average Bonchev–Trinajstić information content (AvgIpc) is 1.51. The van der Waals surface area contributed by atoms with Crippen LogP contribution < -0.4 is 16.4 Å². The number of alkyl halides is 4. The van der Waals surface area contributed by atoms with Gasteiger partial charge in [0, 0.05) is 87.6 Å². The van der Waals surface area contributed by atoms with Gasteiger partial charge in [-0.3, -0.25) is 38.4 Å². The van der Waals surface area contributed by atoms with Gasteiger partial charge in [0.1, 0.15) is 48.5 Å². The number of nitrogens with one attached hydrogen (secondary N) is 2. The molecular weight excluding hydrogens is 1370 g/mol.